The molecule has 0 aliphatic carbocycles. The summed E-state index contributed by atoms with van der Waals surface area (Å²) < 4.78 is 25.8. The highest BCUT2D eigenvalue weighted by Crippen LogP contribution is 2.25. The minimum Gasteiger partial charge on any atom is -0.324 e. The number of hydroxylamine groups is 2. The van der Waals surface area contributed by atoms with Gasteiger partial charge in [-0.3, -0.25) is 14.3 Å². The molecule has 0 unspecified atom stereocenters. The zero-order chi connectivity index (χ0) is 18.9. The summed E-state index contributed by atoms with van der Waals surface area (Å²) in [7, 11) is -3.63. The van der Waals surface area contributed by atoms with E-state index in [4.69, 9.17) is 4.84 Å². The lowest BCUT2D eigenvalue weighted by molar-refractivity contribution is -0.0583. The first-order valence-electron chi connectivity index (χ1n) is 7.63. The Morgan fingerprint density at radius 2 is 1.54 bits per heavy atom. The number of carbonyl (C=O) groups is 3. The van der Waals surface area contributed by atoms with Crippen molar-refractivity contribution >= 4 is 33.5 Å². The second-order valence-electron chi connectivity index (χ2n) is 5.38. The summed E-state index contributed by atoms with van der Waals surface area (Å²) in [5, 5.41) is 0.373. The third-order valence-electron chi connectivity index (χ3n) is 3.72. The van der Waals surface area contributed by atoms with Gasteiger partial charge in [0.25, 0.3) is 11.8 Å². The van der Waals surface area contributed by atoms with Crippen LogP contribution in [0.4, 0.5) is 5.69 Å². The van der Waals surface area contributed by atoms with Crippen molar-refractivity contribution in [1.82, 2.24) is 5.06 Å². The van der Waals surface area contributed by atoms with Crippen molar-refractivity contribution in [3.8, 4) is 0 Å². The molecule has 8 nitrogen and oxygen atoms in total. The number of anilines is 1. The van der Waals surface area contributed by atoms with Gasteiger partial charge in [-0.1, -0.05) is 29.3 Å². The molecule has 26 heavy (non-hydrogen) atoms. The van der Waals surface area contributed by atoms with Crippen LogP contribution in [0.1, 0.15) is 38.0 Å². The molecule has 1 aliphatic rings. The van der Waals surface area contributed by atoms with Crippen LogP contribution in [0.2, 0.25) is 0 Å². The number of amides is 2. The maximum atomic E-state index is 12.4. The SMILES string of the molecule is CCS(=O)(=O)Nc1ccccc1C(=O)ON1C(=O)c2ccccc2C1=O. The number of nitrogens with zero attached hydrogens (tertiary/aromatic N) is 1. The topological polar surface area (TPSA) is 110 Å². The molecule has 134 valence electrons. The Labute approximate surface area is 149 Å². The molecule has 2 amide bonds. The van der Waals surface area contributed by atoms with Gasteiger partial charge >= 0.3 is 5.97 Å². The third kappa shape index (κ3) is 3.16. The molecule has 1 aliphatic heterocycles. The van der Waals surface area contributed by atoms with E-state index in [-0.39, 0.29) is 28.1 Å². The number of nitrogens with one attached hydrogen (secondary N) is 1. The average Bonchev–Trinajstić information content (AvgIpc) is 2.87. The predicted octanol–water partition coefficient (Wildman–Crippen LogP) is 1.82. The van der Waals surface area contributed by atoms with E-state index in [2.05, 4.69) is 4.72 Å². The Morgan fingerprint density at radius 3 is 2.12 bits per heavy atom. The summed E-state index contributed by atoms with van der Waals surface area (Å²) in [6.07, 6.45) is 0. The van der Waals surface area contributed by atoms with Crippen molar-refractivity contribution in [3.63, 3.8) is 0 Å². The minimum atomic E-state index is -3.63. The molecular weight excluding hydrogens is 360 g/mol. The summed E-state index contributed by atoms with van der Waals surface area (Å²) in [6.45, 7) is 1.45. The van der Waals surface area contributed by atoms with E-state index in [1.807, 2.05) is 0 Å². The number of hydrogen-bond acceptors (Lipinski definition) is 6. The molecule has 0 saturated carbocycles. The lowest BCUT2D eigenvalue weighted by atomic mass is 10.1. The first-order valence-corrected chi connectivity index (χ1v) is 9.29. The lowest BCUT2D eigenvalue weighted by Crippen LogP contribution is -2.33. The quantitative estimate of drug-likeness (QED) is 0.800. The maximum absolute atomic E-state index is 12.4. The Bertz CT molecular complexity index is 980. The number of benzene rings is 2. The summed E-state index contributed by atoms with van der Waals surface area (Å²) in [4.78, 5) is 41.9. The molecule has 2 aromatic carbocycles. The normalized spacial score (nSPS) is 13.5. The summed E-state index contributed by atoms with van der Waals surface area (Å²) in [5.41, 5.74) is 0.132. The van der Waals surface area contributed by atoms with Crippen LogP contribution in [0.3, 0.4) is 0 Å². The van der Waals surface area contributed by atoms with Gasteiger partial charge in [0.2, 0.25) is 10.0 Å². The molecule has 1 N–H and O–H groups in total. The van der Waals surface area contributed by atoms with Crippen molar-refractivity contribution in [1.29, 1.82) is 0 Å². The Hall–Kier alpha value is -3.20. The van der Waals surface area contributed by atoms with Gasteiger partial charge < -0.3 is 4.84 Å². The number of sulfonamides is 1. The number of rotatable bonds is 5. The molecule has 0 saturated heterocycles. The molecule has 2 aromatic rings. The van der Waals surface area contributed by atoms with Crippen LogP contribution in [0.15, 0.2) is 48.5 Å². The van der Waals surface area contributed by atoms with E-state index in [0.717, 1.165) is 0 Å². The Kier molecular flexibility index (Phi) is 4.47. The van der Waals surface area contributed by atoms with E-state index in [1.165, 1.54) is 43.3 Å². The second kappa shape index (κ2) is 6.60. The van der Waals surface area contributed by atoms with E-state index in [9.17, 15) is 22.8 Å². The fraction of sp³-hybridized carbons (Fsp3) is 0.118. The van der Waals surface area contributed by atoms with Gasteiger partial charge in [-0.05, 0) is 31.2 Å². The minimum absolute atomic E-state index is 0.00374. The van der Waals surface area contributed by atoms with Crippen LogP contribution in [-0.4, -0.2) is 37.0 Å². The summed E-state index contributed by atoms with van der Waals surface area (Å²) in [6, 6.07) is 11.8. The van der Waals surface area contributed by atoms with Crippen molar-refractivity contribution in [3.05, 3.63) is 65.2 Å². The standard InChI is InChI=1S/C17H14N2O6S/c1-2-26(23,24)18-14-10-6-5-9-13(14)17(22)25-19-15(20)11-7-3-4-8-12(11)16(19)21/h3-10,18H,2H2,1H3. The summed E-state index contributed by atoms with van der Waals surface area (Å²) in [5.74, 6) is -2.74. The van der Waals surface area contributed by atoms with Crippen molar-refractivity contribution in [2.45, 2.75) is 6.92 Å². The molecule has 0 bridgehead atoms. The molecule has 0 atom stereocenters. The fourth-order valence-corrected chi connectivity index (χ4v) is 3.03. The van der Waals surface area contributed by atoms with Crippen molar-refractivity contribution in [2.75, 3.05) is 10.5 Å². The highest BCUT2D eigenvalue weighted by Gasteiger charge is 2.39. The van der Waals surface area contributed by atoms with Gasteiger partial charge in [-0.15, -0.1) is 0 Å². The molecule has 0 spiro atoms. The highest BCUT2D eigenvalue weighted by molar-refractivity contribution is 7.92. The maximum Gasteiger partial charge on any atom is 0.366 e. The monoisotopic (exact) mass is 374 g/mol. The van der Waals surface area contributed by atoms with Gasteiger partial charge in [0, 0.05) is 0 Å². The van der Waals surface area contributed by atoms with Crippen LogP contribution in [0.25, 0.3) is 0 Å². The van der Waals surface area contributed by atoms with Crippen LogP contribution >= 0.6 is 0 Å². The second-order valence-corrected chi connectivity index (χ2v) is 7.39. The number of hydrogen-bond donors (Lipinski definition) is 1. The molecule has 9 heteroatoms. The van der Waals surface area contributed by atoms with Gasteiger partial charge in [-0.25, -0.2) is 13.2 Å². The molecule has 1 heterocycles. The molecule has 0 aromatic heterocycles. The number of fused-ring (bicyclic) bond motifs is 1. The third-order valence-corrected chi connectivity index (χ3v) is 5.01. The van der Waals surface area contributed by atoms with E-state index < -0.39 is 27.8 Å². The Balaban J connectivity index is 1.86. The largest absolute Gasteiger partial charge is 0.366 e. The highest BCUT2D eigenvalue weighted by atomic mass is 32.2. The van der Waals surface area contributed by atoms with Crippen molar-refractivity contribution in [2.24, 2.45) is 0 Å². The number of imide groups is 1. The Morgan fingerprint density at radius 1 is 1.00 bits per heavy atom. The van der Waals surface area contributed by atoms with E-state index >= 15 is 0 Å². The average molecular weight is 374 g/mol. The van der Waals surface area contributed by atoms with E-state index in [0.29, 0.717) is 5.06 Å². The molecular formula is C17H14N2O6S. The van der Waals surface area contributed by atoms with Crippen LogP contribution in [0.5, 0.6) is 0 Å². The smallest absolute Gasteiger partial charge is 0.324 e. The van der Waals surface area contributed by atoms with Gasteiger partial charge in [0.15, 0.2) is 0 Å². The van der Waals surface area contributed by atoms with Gasteiger partial charge in [-0.2, -0.15) is 0 Å². The first-order chi connectivity index (χ1) is 12.3. The van der Waals surface area contributed by atoms with Crippen LogP contribution in [0, 0.1) is 0 Å². The zero-order valence-electron chi connectivity index (χ0n) is 13.6. The van der Waals surface area contributed by atoms with Gasteiger partial charge in [0.1, 0.15) is 0 Å². The number of para-hydroxylation sites is 1. The lowest BCUT2D eigenvalue weighted by Gasteiger charge is -2.15. The van der Waals surface area contributed by atoms with E-state index in [1.54, 1.807) is 12.1 Å². The number of carbonyl (C=O) groups excluding carboxylic acids is 3. The molecule has 0 radical (unpaired) electrons. The van der Waals surface area contributed by atoms with Crippen LogP contribution in [-0.2, 0) is 14.9 Å². The molecule has 3 rings (SSSR count). The van der Waals surface area contributed by atoms with Crippen LogP contribution < -0.4 is 4.72 Å². The van der Waals surface area contributed by atoms with Crippen molar-refractivity contribution < 1.29 is 27.6 Å². The summed E-state index contributed by atoms with van der Waals surface area (Å²) >= 11 is 0. The first kappa shape index (κ1) is 17.6. The predicted molar refractivity (Wildman–Crippen MR) is 91.9 cm³/mol. The fourth-order valence-electron chi connectivity index (χ4n) is 2.37. The molecule has 0 fully saturated rings. The van der Waals surface area contributed by atoms with Gasteiger partial charge in [0.05, 0.1) is 28.1 Å². The zero-order valence-corrected chi connectivity index (χ0v) is 14.4.